The summed E-state index contributed by atoms with van der Waals surface area (Å²) in [7, 11) is 0. The molecule has 82 valence electrons. The van der Waals surface area contributed by atoms with Crippen molar-refractivity contribution in [2.75, 3.05) is 25.1 Å². The van der Waals surface area contributed by atoms with Crippen LogP contribution >= 0.6 is 0 Å². The van der Waals surface area contributed by atoms with Gasteiger partial charge in [0.05, 0.1) is 18.1 Å². The average Bonchev–Trinajstić information content (AvgIpc) is 2.30. The van der Waals surface area contributed by atoms with E-state index in [9.17, 15) is 0 Å². The fourth-order valence-corrected chi connectivity index (χ4v) is 1.68. The highest BCUT2D eigenvalue weighted by atomic mass is 16.5. The van der Waals surface area contributed by atoms with E-state index in [0.717, 1.165) is 44.1 Å². The van der Waals surface area contributed by atoms with Gasteiger partial charge in [-0.2, -0.15) is 0 Å². The number of anilines is 1. The first-order valence-electron chi connectivity index (χ1n) is 5.45. The monoisotopic (exact) mass is 207 g/mol. The number of nitrogens with one attached hydrogen (secondary N) is 1. The standard InChI is InChI=1S/C11H17N3O/c1-9-6-13-11(8-12-9)14-7-10-2-4-15-5-3-10/h6,8,10H,2-5,7H2,1H3,(H,13,14). The summed E-state index contributed by atoms with van der Waals surface area (Å²) >= 11 is 0. The van der Waals surface area contributed by atoms with Crippen molar-refractivity contribution < 1.29 is 4.74 Å². The molecule has 15 heavy (non-hydrogen) atoms. The maximum absolute atomic E-state index is 5.31. The lowest BCUT2D eigenvalue weighted by atomic mass is 10.0. The summed E-state index contributed by atoms with van der Waals surface area (Å²) in [6.07, 6.45) is 5.86. The van der Waals surface area contributed by atoms with Gasteiger partial charge in [-0.3, -0.25) is 4.98 Å². The minimum Gasteiger partial charge on any atom is -0.381 e. The zero-order valence-electron chi connectivity index (χ0n) is 9.07. The first-order chi connectivity index (χ1) is 7.34. The summed E-state index contributed by atoms with van der Waals surface area (Å²) in [5.41, 5.74) is 0.951. The maximum Gasteiger partial charge on any atom is 0.144 e. The van der Waals surface area contributed by atoms with Crippen LogP contribution in [0.25, 0.3) is 0 Å². The molecule has 0 aromatic carbocycles. The number of aromatic nitrogens is 2. The number of aryl methyl sites for hydroxylation is 1. The van der Waals surface area contributed by atoms with Gasteiger partial charge in [-0.1, -0.05) is 0 Å². The Morgan fingerprint density at radius 3 is 2.80 bits per heavy atom. The second kappa shape index (κ2) is 5.07. The molecule has 1 saturated heterocycles. The molecule has 0 radical (unpaired) electrons. The Hall–Kier alpha value is -1.16. The third-order valence-electron chi connectivity index (χ3n) is 2.69. The lowest BCUT2D eigenvalue weighted by molar-refractivity contribution is 0.0699. The number of rotatable bonds is 3. The Balaban J connectivity index is 1.79. The average molecular weight is 207 g/mol. The summed E-state index contributed by atoms with van der Waals surface area (Å²) < 4.78 is 5.31. The van der Waals surface area contributed by atoms with Gasteiger partial charge in [-0.15, -0.1) is 0 Å². The topological polar surface area (TPSA) is 47.0 Å². The van der Waals surface area contributed by atoms with Crippen molar-refractivity contribution in [2.24, 2.45) is 5.92 Å². The third kappa shape index (κ3) is 3.16. The van der Waals surface area contributed by atoms with Crippen molar-refractivity contribution in [3.8, 4) is 0 Å². The van der Waals surface area contributed by atoms with Gasteiger partial charge in [0.2, 0.25) is 0 Å². The van der Waals surface area contributed by atoms with Crippen molar-refractivity contribution in [1.82, 2.24) is 9.97 Å². The Morgan fingerprint density at radius 1 is 1.33 bits per heavy atom. The van der Waals surface area contributed by atoms with Crippen LogP contribution in [0, 0.1) is 12.8 Å². The van der Waals surface area contributed by atoms with Gasteiger partial charge >= 0.3 is 0 Å². The van der Waals surface area contributed by atoms with Crippen LogP contribution in [-0.2, 0) is 4.74 Å². The van der Waals surface area contributed by atoms with Crippen LogP contribution in [0.1, 0.15) is 18.5 Å². The van der Waals surface area contributed by atoms with Gasteiger partial charge in [0.15, 0.2) is 0 Å². The van der Waals surface area contributed by atoms with Crippen LogP contribution in [-0.4, -0.2) is 29.7 Å². The molecule has 1 aromatic rings. The van der Waals surface area contributed by atoms with E-state index in [1.54, 1.807) is 12.4 Å². The second-order valence-corrected chi connectivity index (χ2v) is 3.98. The van der Waals surface area contributed by atoms with E-state index < -0.39 is 0 Å². The fourth-order valence-electron chi connectivity index (χ4n) is 1.68. The normalized spacial score (nSPS) is 17.7. The van der Waals surface area contributed by atoms with Gasteiger partial charge < -0.3 is 10.1 Å². The van der Waals surface area contributed by atoms with Crippen LogP contribution in [0.3, 0.4) is 0 Å². The molecule has 1 aliphatic heterocycles. The summed E-state index contributed by atoms with van der Waals surface area (Å²) in [5.74, 6) is 1.58. The van der Waals surface area contributed by atoms with E-state index in [1.807, 2.05) is 6.92 Å². The predicted octanol–water partition coefficient (Wildman–Crippen LogP) is 1.62. The molecule has 2 heterocycles. The summed E-state index contributed by atoms with van der Waals surface area (Å²) in [6.45, 7) is 4.70. The molecule has 1 fully saturated rings. The highest BCUT2D eigenvalue weighted by Gasteiger charge is 2.13. The lowest BCUT2D eigenvalue weighted by Gasteiger charge is -2.22. The first kappa shape index (κ1) is 10.4. The van der Waals surface area contributed by atoms with Crippen LogP contribution < -0.4 is 5.32 Å². The quantitative estimate of drug-likeness (QED) is 0.818. The molecule has 1 aliphatic rings. The van der Waals surface area contributed by atoms with Gasteiger partial charge in [0.1, 0.15) is 5.82 Å². The molecule has 0 aliphatic carbocycles. The second-order valence-electron chi connectivity index (χ2n) is 3.98. The van der Waals surface area contributed by atoms with Gasteiger partial charge in [0.25, 0.3) is 0 Å². The Kier molecular flexibility index (Phi) is 3.50. The summed E-state index contributed by atoms with van der Waals surface area (Å²) in [6, 6.07) is 0. The molecule has 0 amide bonds. The van der Waals surface area contributed by atoms with E-state index in [-0.39, 0.29) is 0 Å². The molecule has 4 nitrogen and oxygen atoms in total. The molecule has 0 saturated carbocycles. The number of hydrogen-bond donors (Lipinski definition) is 1. The van der Waals surface area contributed by atoms with Gasteiger partial charge in [-0.25, -0.2) is 4.98 Å². The van der Waals surface area contributed by atoms with Crippen molar-refractivity contribution >= 4 is 5.82 Å². The largest absolute Gasteiger partial charge is 0.381 e. The van der Waals surface area contributed by atoms with Crippen LogP contribution in [0.4, 0.5) is 5.82 Å². The number of ether oxygens (including phenoxy) is 1. The smallest absolute Gasteiger partial charge is 0.144 e. The Bertz CT molecular complexity index is 293. The SMILES string of the molecule is Cc1cnc(NCC2CCOCC2)cn1. The van der Waals surface area contributed by atoms with Crippen LogP contribution in [0.2, 0.25) is 0 Å². The molecule has 0 spiro atoms. The predicted molar refractivity (Wildman–Crippen MR) is 58.8 cm³/mol. The molecule has 0 unspecified atom stereocenters. The lowest BCUT2D eigenvalue weighted by Crippen LogP contribution is -2.22. The van der Waals surface area contributed by atoms with E-state index >= 15 is 0 Å². The summed E-state index contributed by atoms with van der Waals surface area (Å²) in [5, 5.41) is 3.31. The van der Waals surface area contributed by atoms with Crippen molar-refractivity contribution in [3.63, 3.8) is 0 Å². The van der Waals surface area contributed by atoms with Crippen LogP contribution in [0.5, 0.6) is 0 Å². The highest BCUT2D eigenvalue weighted by Crippen LogP contribution is 2.14. The van der Waals surface area contributed by atoms with Gasteiger partial charge in [0, 0.05) is 19.8 Å². The van der Waals surface area contributed by atoms with Crippen molar-refractivity contribution in [1.29, 1.82) is 0 Å². The molecule has 1 aromatic heterocycles. The molecule has 0 bridgehead atoms. The van der Waals surface area contributed by atoms with Crippen molar-refractivity contribution in [3.05, 3.63) is 18.1 Å². The molecule has 0 atom stereocenters. The minimum atomic E-state index is 0.710. The molecule has 2 rings (SSSR count). The van der Waals surface area contributed by atoms with E-state index in [0.29, 0.717) is 5.92 Å². The van der Waals surface area contributed by atoms with E-state index in [4.69, 9.17) is 4.74 Å². The molecule has 4 heteroatoms. The molecule has 1 N–H and O–H groups in total. The number of hydrogen-bond acceptors (Lipinski definition) is 4. The fraction of sp³-hybridized carbons (Fsp3) is 0.636. The summed E-state index contributed by atoms with van der Waals surface area (Å²) in [4.78, 5) is 8.45. The zero-order valence-corrected chi connectivity index (χ0v) is 9.07. The third-order valence-corrected chi connectivity index (χ3v) is 2.69. The molecular formula is C11H17N3O. The van der Waals surface area contributed by atoms with E-state index in [1.165, 1.54) is 0 Å². The minimum absolute atomic E-state index is 0.710. The zero-order chi connectivity index (χ0) is 10.5. The Morgan fingerprint density at radius 2 is 2.13 bits per heavy atom. The Labute approximate surface area is 90.1 Å². The maximum atomic E-state index is 5.31. The molecular weight excluding hydrogens is 190 g/mol. The van der Waals surface area contributed by atoms with E-state index in [2.05, 4.69) is 15.3 Å². The highest BCUT2D eigenvalue weighted by molar-refractivity contribution is 5.30. The van der Waals surface area contributed by atoms with Gasteiger partial charge in [-0.05, 0) is 25.7 Å². The van der Waals surface area contributed by atoms with Crippen molar-refractivity contribution in [2.45, 2.75) is 19.8 Å². The first-order valence-corrected chi connectivity index (χ1v) is 5.45. The van der Waals surface area contributed by atoms with Crippen LogP contribution in [0.15, 0.2) is 12.4 Å². The number of nitrogens with zero attached hydrogens (tertiary/aromatic N) is 2.